The van der Waals surface area contributed by atoms with Gasteiger partial charge in [-0.2, -0.15) is 0 Å². The van der Waals surface area contributed by atoms with Crippen LogP contribution in [0.3, 0.4) is 0 Å². The number of aliphatic carboxylic acids is 1. The number of aromatic nitrogens is 2. The van der Waals surface area contributed by atoms with Gasteiger partial charge in [0.25, 0.3) is 0 Å². The third-order valence-electron chi connectivity index (χ3n) is 5.68. The molecule has 0 saturated heterocycles. The number of carbonyl (C=O) groups excluding carboxylic acids is 1. The number of carbonyl (C=O) groups is 2. The van der Waals surface area contributed by atoms with Gasteiger partial charge in [-0.05, 0) is 62.7 Å². The molecule has 2 heterocycles. The van der Waals surface area contributed by atoms with E-state index < -0.39 is 17.7 Å². The zero-order valence-electron chi connectivity index (χ0n) is 21.9. The van der Waals surface area contributed by atoms with Crippen molar-refractivity contribution in [3.8, 4) is 5.75 Å². The summed E-state index contributed by atoms with van der Waals surface area (Å²) in [6.45, 7) is 5.86. The molecule has 4 rings (SSSR count). The SMILES string of the molecule is CN(C(=O)OC(C)(C)C)c1cccc(CCOc2ccc3c(ccn3/C(=C/C(=O)O)c3ccccc3)c2)n1. The van der Waals surface area contributed by atoms with Crippen LogP contribution in [0.5, 0.6) is 5.75 Å². The van der Waals surface area contributed by atoms with E-state index in [0.717, 1.165) is 22.2 Å². The fourth-order valence-corrected chi connectivity index (χ4v) is 3.93. The molecule has 4 aromatic rings. The lowest BCUT2D eigenvalue weighted by molar-refractivity contribution is -0.131. The Bertz CT molecular complexity index is 1470. The number of benzene rings is 2. The molecule has 0 atom stereocenters. The molecule has 38 heavy (non-hydrogen) atoms. The maximum atomic E-state index is 12.4. The maximum absolute atomic E-state index is 12.4. The van der Waals surface area contributed by atoms with Gasteiger partial charge in [-0.25, -0.2) is 14.6 Å². The number of hydrogen-bond acceptors (Lipinski definition) is 5. The van der Waals surface area contributed by atoms with Gasteiger partial charge >= 0.3 is 12.1 Å². The Morgan fingerprint density at radius 1 is 1.03 bits per heavy atom. The minimum Gasteiger partial charge on any atom is -0.493 e. The predicted molar refractivity (Wildman–Crippen MR) is 147 cm³/mol. The lowest BCUT2D eigenvalue weighted by Gasteiger charge is -2.24. The molecule has 0 bridgehead atoms. The van der Waals surface area contributed by atoms with Gasteiger partial charge in [0.05, 0.1) is 17.8 Å². The van der Waals surface area contributed by atoms with E-state index in [1.807, 2.05) is 98.3 Å². The van der Waals surface area contributed by atoms with Crippen LogP contribution in [0.1, 0.15) is 32.0 Å². The van der Waals surface area contributed by atoms with Gasteiger partial charge in [-0.15, -0.1) is 0 Å². The number of fused-ring (bicyclic) bond motifs is 1. The average molecular weight is 514 g/mol. The second-order valence-corrected chi connectivity index (χ2v) is 9.77. The molecule has 0 fully saturated rings. The summed E-state index contributed by atoms with van der Waals surface area (Å²) in [6, 6.07) is 22.5. The molecule has 0 spiro atoms. The van der Waals surface area contributed by atoms with Crippen LogP contribution in [-0.4, -0.2) is 46.0 Å². The highest BCUT2D eigenvalue weighted by atomic mass is 16.6. The molecule has 8 heteroatoms. The van der Waals surface area contributed by atoms with E-state index in [2.05, 4.69) is 4.98 Å². The molecule has 0 radical (unpaired) electrons. The Morgan fingerprint density at radius 3 is 2.50 bits per heavy atom. The van der Waals surface area contributed by atoms with Crippen molar-refractivity contribution >= 4 is 34.5 Å². The third kappa shape index (κ3) is 6.59. The molecule has 0 aliphatic carbocycles. The van der Waals surface area contributed by atoms with Crippen molar-refractivity contribution < 1.29 is 24.2 Å². The van der Waals surface area contributed by atoms with E-state index in [4.69, 9.17) is 9.47 Å². The number of hydrogen-bond donors (Lipinski definition) is 1. The first-order chi connectivity index (χ1) is 18.1. The molecule has 196 valence electrons. The van der Waals surface area contributed by atoms with E-state index in [1.54, 1.807) is 13.1 Å². The van der Waals surface area contributed by atoms with E-state index in [1.165, 1.54) is 11.0 Å². The van der Waals surface area contributed by atoms with Crippen molar-refractivity contribution in [2.24, 2.45) is 0 Å². The van der Waals surface area contributed by atoms with Crippen molar-refractivity contribution in [3.63, 3.8) is 0 Å². The summed E-state index contributed by atoms with van der Waals surface area (Å²) in [4.78, 5) is 29.8. The number of carboxylic acids is 1. The normalized spacial score (nSPS) is 11.8. The van der Waals surface area contributed by atoms with Crippen molar-refractivity contribution in [2.45, 2.75) is 32.8 Å². The van der Waals surface area contributed by atoms with Crippen LogP contribution in [-0.2, 0) is 16.0 Å². The second-order valence-electron chi connectivity index (χ2n) is 9.77. The largest absolute Gasteiger partial charge is 0.493 e. The summed E-state index contributed by atoms with van der Waals surface area (Å²) < 4.78 is 13.3. The molecule has 0 saturated carbocycles. The van der Waals surface area contributed by atoms with Gasteiger partial charge in [0.1, 0.15) is 17.2 Å². The Morgan fingerprint density at radius 2 is 1.79 bits per heavy atom. The molecular formula is C30H31N3O5. The van der Waals surface area contributed by atoms with E-state index >= 15 is 0 Å². The number of carboxylic acid groups (broad SMARTS) is 1. The van der Waals surface area contributed by atoms with Crippen LogP contribution in [0.25, 0.3) is 16.6 Å². The summed E-state index contributed by atoms with van der Waals surface area (Å²) in [5, 5.41) is 10.4. The number of rotatable bonds is 8. The Hall–Kier alpha value is -4.59. The summed E-state index contributed by atoms with van der Waals surface area (Å²) in [7, 11) is 1.63. The lowest BCUT2D eigenvalue weighted by atomic mass is 10.1. The number of pyridine rings is 1. The summed E-state index contributed by atoms with van der Waals surface area (Å²) in [6.07, 6.45) is 3.15. The van der Waals surface area contributed by atoms with Crippen LogP contribution < -0.4 is 9.64 Å². The predicted octanol–water partition coefficient (Wildman–Crippen LogP) is 6.00. The van der Waals surface area contributed by atoms with Gasteiger partial charge in [0, 0.05) is 36.8 Å². The third-order valence-corrected chi connectivity index (χ3v) is 5.68. The molecule has 0 aliphatic heterocycles. The van der Waals surface area contributed by atoms with Crippen molar-refractivity contribution in [3.05, 3.63) is 96.3 Å². The number of amides is 1. The minimum atomic E-state index is -1.01. The van der Waals surface area contributed by atoms with Crippen LogP contribution in [0.2, 0.25) is 0 Å². The highest BCUT2D eigenvalue weighted by Crippen LogP contribution is 2.27. The van der Waals surface area contributed by atoms with Gasteiger partial charge in [0.2, 0.25) is 0 Å². The smallest absolute Gasteiger partial charge is 0.415 e. The molecule has 1 N–H and O–H groups in total. The van der Waals surface area contributed by atoms with Crippen molar-refractivity contribution in [1.29, 1.82) is 0 Å². The van der Waals surface area contributed by atoms with E-state index in [9.17, 15) is 14.7 Å². The average Bonchev–Trinajstić information content (AvgIpc) is 3.29. The zero-order chi connectivity index (χ0) is 27.3. The van der Waals surface area contributed by atoms with Crippen molar-refractivity contribution in [2.75, 3.05) is 18.6 Å². The van der Waals surface area contributed by atoms with Crippen LogP contribution in [0, 0.1) is 0 Å². The molecule has 0 unspecified atom stereocenters. The Balaban J connectivity index is 1.44. The Labute approximate surface area is 221 Å². The first kappa shape index (κ1) is 26.5. The fraction of sp³-hybridized carbons (Fsp3) is 0.233. The summed E-state index contributed by atoms with van der Waals surface area (Å²) in [5.74, 6) is 0.185. The van der Waals surface area contributed by atoms with Gasteiger partial charge in [-0.3, -0.25) is 4.90 Å². The van der Waals surface area contributed by atoms with E-state index in [-0.39, 0.29) is 0 Å². The lowest BCUT2D eigenvalue weighted by Crippen LogP contribution is -2.34. The van der Waals surface area contributed by atoms with Crippen LogP contribution in [0.15, 0.2) is 85.1 Å². The standard InChI is InChI=1S/C30H31N3O5/c1-30(2,3)38-29(36)32(4)27-12-8-11-23(31-27)16-18-37-24-13-14-25-22(19-24)15-17-33(25)26(20-28(34)35)21-9-6-5-7-10-21/h5-15,17,19-20H,16,18H2,1-4H3,(H,34,35)/b26-20+. The zero-order valence-corrected chi connectivity index (χ0v) is 21.9. The van der Waals surface area contributed by atoms with Gasteiger partial charge < -0.3 is 19.1 Å². The monoisotopic (exact) mass is 513 g/mol. The van der Waals surface area contributed by atoms with Crippen molar-refractivity contribution in [1.82, 2.24) is 9.55 Å². The highest BCUT2D eigenvalue weighted by Gasteiger charge is 2.21. The quantitative estimate of drug-likeness (QED) is 0.290. The first-order valence-corrected chi connectivity index (χ1v) is 12.3. The first-order valence-electron chi connectivity index (χ1n) is 12.3. The second kappa shape index (κ2) is 11.2. The number of anilines is 1. The number of nitrogens with zero attached hydrogens (tertiary/aromatic N) is 3. The summed E-state index contributed by atoms with van der Waals surface area (Å²) >= 11 is 0. The molecule has 0 aliphatic rings. The molecule has 1 amide bonds. The fourth-order valence-electron chi connectivity index (χ4n) is 3.93. The number of ether oxygens (including phenoxy) is 2. The van der Waals surface area contributed by atoms with Crippen LogP contribution in [0.4, 0.5) is 10.6 Å². The molecular weight excluding hydrogens is 482 g/mol. The molecule has 2 aromatic carbocycles. The molecule has 2 aromatic heterocycles. The Kier molecular flexibility index (Phi) is 7.81. The topological polar surface area (TPSA) is 93.9 Å². The molecule has 8 nitrogen and oxygen atoms in total. The summed E-state index contributed by atoms with van der Waals surface area (Å²) in [5.41, 5.74) is 2.45. The van der Waals surface area contributed by atoms with Gasteiger partial charge in [0.15, 0.2) is 0 Å². The maximum Gasteiger partial charge on any atom is 0.415 e. The van der Waals surface area contributed by atoms with E-state index in [0.29, 0.717) is 30.3 Å². The highest BCUT2D eigenvalue weighted by molar-refractivity contribution is 5.94. The van der Waals surface area contributed by atoms with Gasteiger partial charge in [-0.1, -0.05) is 36.4 Å². The minimum absolute atomic E-state index is 0.396. The van der Waals surface area contributed by atoms with Crippen LogP contribution >= 0.6 is 0 Å².